The topological polar surface area (TPSA) is 40.6 Å². The molecule has 1 heterocycles. The van der Waals surface area contributed by atoms with Crippen LogP contribution in [0.1, 0.15) is 5.56 Å². The number of benzene rings is 2. The summed E-state index contributed by atoms with van der Waals surface area (Å²) in [5.74, 6) is -0.126. The Labute approximate surface area is 150 Å². The highest BCUT2D eigenvalue weighted by atomic mass is 32.2. The van der Waals surface area contributed by atoms with E-state index in [1.54, 1.807) is 21.9 Å². The Bertz CT molecular complexity index is 754. The molecule has 1 aliphatic heterocycles. The van der Waals surface area contributed by atoms with Crippen LogP contribution in [0.4, 0.5) is 4.39 Å². The van der Waals surface area contributed by atoms with E-state index in [0.29, 0.717) is 25.4 Å². The molecule has 6 heteroatoms. The van der Waals surface area contributed by atoms with Gasteiger partial charge in [0.05, 0.1) is 12.3 Å². The van der Waals surface area contributed by atoms with Crippen molar-refractivity contribution in [1.29, 1.82) is 0 Å². The summed E-state index contributed by atoms with van der Waals surface area (Å²) >= 11 is 1.47. The van der Waals surface area contributed by atoms with Gasteiger partial charge in [0.15, 0.2) is 0 Å². The largest absolute Gasteiger partial charge is 0.335 e. The van der Waals surface area contributed by atoms with Gasteiger partial charge in [-0.15, -0.1) is 11.8 Å². The molecule has 0 spiro atoms. The first-order chi connectivity index (χ1) is 12.1. The average molecular weight is 358 g/mol. The predicted molar refractivity (Wildman–Crippen MR) is 95.6 cm³/mol. The van der Waals surface area contributed by atoms with Gasteiger partial charge in [-0.2, -0.15) is 0 Å². The van der Waals surface area contributed by atoms with Crippen LogP contribution in [-0.2, 0) is 16.1 Å². The summed E-state index contributed by atoms with van der Waals surface area (Å²) < 4.78 is 13.3. The highest BCUT2D eigenvalue weighted by molar-refractivity contribution is 8.00. The van der Waals surface area contributed by atoms with E-state index in [0.717, 1.165) is 10.5 Å². The molecule has 0 unspecified atom stereocenters. The third-order valence-corrected chi connectivity index (χ3v) is 5.04. The SMILES string of the molecule is O=C(CSc1ccccc1)N1CCN(Cc2cccc(F)c2)C(=O)C1. The van der Waals surface area contributed by atoms with Crippen molar-refractivity contribution in [3.63, 3.8) is 0 Å². The molecule has 130 valence electrons. The molecule has 0 aromatic heterocycles. The minimum absolute atomic E-state index is 0.0346. The predicted octanol–water partition coefficient (Wildman–Crippen LogP) is 2.79. The molecule has 2 aromatic rings. The van der Waals surface area contributed by atoms with Crippen molar-refractivity contribution in [1.82, 2.24) is 9.80 Å². The maximum Gasteiger partial charge on any atom is 0.242 e. The molecule has 4 nitrogen and oxygen atoms in total. The molecule has 3 rings (SSSR count). The van der Waals surface area contributed by atoms with Gasteiger partial charge in [-0.05, 0) is 29.8 Å². The zero-order valence-corrected chi connectivity index (χ0v) is 14.5. The first-order valence-electron chi connectivity index (χ1n) is 8.09. The number of piperazine rings is 1. The molecule has 2 amide bonds. The summed E-state index contributed by atoms with van der Waals surface area (Å²) in [7, 11) is 0. The smallest absolute Gasteiger partial charge is 0.242 e. The lowest BCUT2D eigenvalue weighted by atomic mass is 10.2. The molecule has 0 bridgehead atoms. The summed E-state index contributed by atoms with van der Waals surface area (Å²) in [4.78, 5) is 28.9. The average Bonchev–Trinajstić information content (AvgIpc) is 2.62. The van der Waals surface area contributed by atoms with E-state index in [1.807, 2.05) is 30.3 Å². The number of hydrogen-bond donors (Lipinski definition) is 0. The Morgan fingerprint density at radius 2 is 1.88 bits per heavy atom. The van der Waals surface area contributed by atoms with E-state index in [4.69, 9.17) is 0 Å². The van der Waals surface area contributed by atoms with Crippen LogP contribution in [0.2, 0.25) is 0 Å². The molecule has 25 heavy (non-hydrogen) atoms. The van der Waals surface area contributed by atoms with Gasteiger partial charge < -0.3 is 9.80 Å². The van der Waals surface area contributed by atoms with Crippen LogP contribution >= 0.6 is 11.8 Å². The quantitative estimate of drug-likeness (QED) is 0.772. The molecule has 1 fully saturated rings. The second kappa shape index (κ2) is 8.16. The van der Waals surface area contributed by atoms with Crippen LogP contribution in [0.3, 0.4) is 0 Å². The van der Waals surface area contributed by atoms with Gasteiger partial charge in [0.1, 0.15) is 5.82 Å². The molecular weight excluding hydrogens is 339 g/mol. The maximum absolute atomic E-state index is 13.3. The van der Waals surface area contributed by atoms with Gasteiger partial charge in [0.2, 0.25) is 11.8 Å². The van der Waals surface area contributed by atoms with Gasteiger partial charge in [-0.3, -0.25) is 9.59 Å². The zero-order chi connectivity index (χ0) is 17.6. The molecule has 2 aromatic carbocycles. The van der Waals surface area contributed by atoms with Crippen LogP contribution in [0.5, 0.6) is 0 Å². The first-order valence-corrected chi connectivity index (χ1v) is 9.08. The summed E-state index contributed by atoms with van der Waals surface area (Å²) in [5.41, 5.74) is 0.757. The van der Waals surface area contributed by atoms with Crippen molar-refractivity contribution in [3.8, 4) is 0 Å². The monoisotopic (exact) mass is 358 g/mol. The van der Waals surface area contributed by atoms with E-state index in [1.165, 1.54) is 23.9 Å². The Hall–Kier alpha value is -2.34. The highest BCUT2D eigenvalue weighted by Crippen LogP contribution is 2.18. The summed E-state index contributed by atoms with van der Waals surface area (Å²) in [6.07, 6.45) is 0. The van der Waals surface area contributed by atoms with E-state index in [2.05, 4.69) is 0 Å². The van der Waals surface area contributed by atoms with Gasteiger partial charge in [0.25, 0.3) is 0 Å². The molecule has 1 saturated heterocycles. The second-order valence-corrected chi connectivity index (χ2v) is 6.91. The van der Waals surface area contributed by atoms with Crippen molar-refractivity contribution in [2.75, 3.05) is 25.4 Å². The van der Waals surface area contributed by atoms with Crippen molar-refractivity contribution in [3.05, 3.63) is 66.0 Å². The number of rotatable bonds is 5. The number of amides is 2. The second-order valence-electron chi connectivity index (χ2n) is 5.86. The minimum Gasteiger partial charge on any atom is -0.335 e. The lowest BCUT2D eigenvalue weighted by Crippen LogP contribution is -2.52. The number of thioether (sulfide) groups is 1. The van der Waals surface area contributed by atoms with Gasteiger partial charge in [0, 0.05) is 24.5 Å². The van der Waals surface area contributed by atoms with E-state index < -0.39 is 0 Å². The normalized spacial score (nSPS) is 14.7. The van der Waals surface area contributed by atoms with Crippen LogP contribution in [-0.4, -0.2) is 47.0 Å². The van der Waals surface area contributed by atoms with Crippen molar-refractivity contribution >= 4 is 23.6 Å². The summed E-state index contributed by atoms with van der Waals surface area (Å²) in [5, 5.41) is 0. The molecule has 0 N–H and O–H groups in total. The Balaban J connectivity index is 1.51. The lowest BCUT2D eigenvalue weighted by Gasteiger charge is -2.34. The van der Waals surface area contributed by atoms with E-state index in [-0.39, 0.29) is 24.2 Å². The molecule has 0 saturated carbocycles. The van der Waals surface area contributed by atoms with Crippen molar-refractivity contribution < 1.29 is 14.0 Å². The Morgan fingerprint density at radius 1 is 1.08 bits per heavy atom. The van der Waals surface area contributed by atoms with Crippen LogP contribution in [0, 0.1) is 5.82 Å². The highest BCUT2D eigenvalue weighted by Gasteiger charge is 2.27. The van der Waals surface area contributed by atoms with Gasteiger partial charge in [-0.1, -0.05) is 30.3 Å². The molecular formula is C19H19FN2O2S. The number of carbonyl (C=O) groups excluding carboxylic acids is 2. The van der Waals surface area contributed by atoms with Gasteiger partial charge >= 0.3 is 0 Å². The van der Waals surface area contributed by atoms with Crippen LogP contribution < -0.4 is 0 Å². The summed E-state index contributed by atoms with van der Waals surface area (Å²) in [6.45, 7) is 1.44. The summed E-state index contributed by atoms with van der Waals surface area (Å²) in [6, 6.07) is 16.0. The fourth-order valence-electron chi connectivity index (χ4n) is 2.70. The first kappa shape index (κ1) is 17.5. The minimum atomic E-state index is -0.309. The third-order valence-electron chi connectivity index (χ3n) is 4.04. The number of halogens is 1. The molecule has 0 aliphatic carbocycles. The van der Waals surface area contributed by atoms with Crippen LogP contribution in [0.15, 0.2) is 59.5 Å². The lowest BCUT2D eigenvalue weighted by molar-refractivity contribution is -0.144. The number of carbonyl (C=O) groups is 2. The van der Waals surface area contributed by atoms with Gasteiger partial charge in [-0.25, -0.2) is 4.39 Å². The molecule has 0 atom stereocenters. The van der Waals surface area contributed by atoms with Crippen LogP contribution in [0.25, 0.3) is 0 Å². The van der Waals surface area contributed by atoms with Crippen molar-refractivity contribution in [2.45, 2.75) is 11.4 Å². The van der Waals surface area contributed by atoms with E-state index in [9.17, 15) is 14.0 Å². The maximum atomic E-state index is 13.3. The standard InChI is InChI=1S/C19H19FN2O2S/c20-16-6-4-5-15(11-16)12-21-9-10-22(13-18(21)23)19(24)14-25-17-7-2-1-3-8-17/h1-8,11H,9-10,12-14H2. The Morgan fingerprint density at radius 3 is 2.60 bits per heavy atom. The third kappa shape index (κ3) is 4.82. The molecule has 1 aliphatic rings. The zero-order valence-electron chi connectivity index (χ0n) is 13.7. The number of hydrogen-bond acceptors (Lipinski definition) is 3. The van der Waals surface area contributed by atoms with E-state index >= 15 is 0 Å². The fourth-order valence-corrected chi connectivity index (χ4v) is 3.52. The molecule has 0 radical (unpaired) electrons. The van der Waals surface area contributed by atoms with Crippen molar-refractivity contribution in [2.24, 2.45) is 0 Å². The number of nitrogens with zero attached hydrogens (tertiary/aromatic N) is 2. The fraction of sp³-hybridized carbons (Fsp3) is 0.263. The Kier molecular flexibility index (Phi) is 5.71.